The fraction of sp³-hybridized carbons (Fsp3) is 0.0435. The Balaban J connectivity index is 1.75. The van der Waals surface area contributed by atoms with Gasteiger partial charge in [-0.05, 0) is 48.0 Å². The van der Waals surface area contributed by atoms with Crippen LogP contribution in [0.5, 0.6) is 5.75 Å². The molecule has 0 heterocycles. The van der Waals surface area contributed by atoms with Gasteiger partial charge in [-0.25, -0.2) is 0 Å². The molecule has 0 bridgehead atoms. The van der Waals surface area contributed by atoms with Crippen molar-refractivity contribution in [1.82, 2.24) is 0 Å². The molecule has 1 amide bonds. The van der Waals surface area contributed by atoms with Gasteiger partial charge in [0.05, 0.1) is 10.7 Å². The van der Waals surface area contributed by atoms with E-state index in [2.05, 4.69) is 5.32 Å². The Morgan fingerprint density at radius 3 is 2.57 bits per heavy atom. The zero-order valence-corrected chi connectivity index (χ0v) is 17.8. The van der Waals surface area contributed by atoms with E-state index in [0.29, 0.717) is 38.7 Å². The third-order valence-electron chi connectivity index (χ3n) is 4.06. The molecule has 0 aliphatic heterocycles. The van der Waals surface area contributed by atoms with Crippen molar-refractivity contribution < 1.29 is 9.53 Å². The summed E-state index contributed by atoms with van der Waals surface area (Å²) in [7, 11) is 0. The lowest BCUT2D eigenvalue weighted by atomic mass is 10.1. The fourth-order valence-corrected chi connectivity index (χ4v) is 3.10. The van der Waals surface area contributed by atoms with Crippen molar-refractivity contribution >= 4 is 52.5 Å². The Labute approximate surface area is 189 Å². The number of amides is 1. The third kappa shape index (κ3) is 5.77. The SMILES string of the molecule is N#C/C(=C\c1cccc(OCc2ccccc2Cl)c1)C(=O)Nc1cc(Cl)ccc1Cl. The van der Waals surface area contributed by atoms with Gasteiger partial charge in [0.1, 0.15) is 24.0 Å². The van der Waals surface area contributed by atoms with Gasteiger partial charge in [0.15, 0.2) is 0 Å². The number of anilines is 1. The Hall–Kier alpha value is -2.97. The maximum atomic E-state index is 12.5. The van der Waals surface area contributed by atoms with Gasteiger partial charge in [0, 0.05) is 15.6 Å². The number of nitrogens with one attached hydrogen (secondary N) is 1. The van der Waals surface area contributed by atoms with Crippen molar-refractivity contribution in [2.24, 2.45) is 0 Å². The molecule has 4 nitrogen and oxygen atoms in total. The van der Waals surface area contributed by atoms with Crippen molar-refractivity contribution in [3.05, 3.63) is 98.5 Å². The molecule has 1 N–H and O–H groups in total. The molecule has 7 heteroatoms. The van der Waals surface area contributed by atoms with Gasteiger partial charge in [-0.3, -0.25) is 4.79 Å². The summed E-state index contributed by atoms with van der Waals surface area (Å²) in [5.41, 5.74) is 1.73. The maximum absolute atomic E-state index is 12.5. The van der Waals surface area contributed by atoms with Crippen LogP contribution in [0, 0.1) is 11.3 Å². The molecule has 0 radical (unpaired) electrons. The molecule has 0 aliphatic rings. The first-order chi connectivity index (χ1) is 14.5. The van der Waals surface area contributed by atoms with Gasteiger partial charge in [-0.1, -0.05) is 65.1 Å². The Morgan fingerprint density at radius 2 is 1.80 bits per heavy atom. The van der Waals surface area contributed by atoms with Crippen molar-refractivity contribution in [2.75, 3.05) is 5.32 Å². The number of carbonyl (C=O) groups excluding carboxylic acids is 1. The smallest absolute Gasteiger partial charge is 0.266 e. The zero-order chi connectivity index (χ0) is 21.5. The first-order valence-corrected chi connectivity index (χ1v) is 9.94. The molecule has 0 unspecified atom stereocenters. The van der Waals surface area contributed by atoms with E-state index in [1.807, 2.05) is 24.3 Å². The van der Waals surface area contributed by atoms with E-state index in [0.717, 1.165) is 5.56 Å². The van der Waals surface area contributed by atoms with Gasteiger partial charge < -0.3 is 10.1 Å². The minimum atomic E-state index is -0.593. The maximum Gasteiger partial charge on any atom is 0.266 e. The monoisotopic (exact) mass is 456 g/mol. The molecule has 0 saturated carbocycles. The van der Waals surface area contributed by atoms with E-state index in [1.165, 1.54) is 12.1 Å². The van der Waals surface area contributed by atoms with E-state index >= 15 is 0 Å². The molecular formula is C23H15Cl3N2O2. The van der Waals surface area contributed by atoms with Crippen molar-refractivity contribution in [1.29, 1.82) is 5.26 Å². The van der Waals surface area contributed by atoms with Gasteiger partial charge in [-0.15, -0.1) is 0 Å². The van der Waals surface area contributed by atoms with E-state index in [-0.39, 0.29) is 5.57 Å². The van der Waals surface area contributed by atoms with Crippen LogP contribution in [0.4, 0.5) is 5.69 Å². The predicted octanol–water partition coefficient (Wildman–Crippen LogP) is 6.77. The molecular weight excluding hydrogens is 443 g/mol. The minimum Gasteiger partial charge on any atom is -0.489 e. The Morgan fingerprint density at radius 1 is 1.00 bits per heavy atom. The van der Waals surface area contributed by atoms with Crippen LogP contribution in [-0.4, -0.2) is 5.91 Å². The lowest BCUT2D eigenvalue weighted by Crippen LogP contribution is -2.13. The van der Waals surface area contributed by atoms with Crippen molar-refractivity contribution in [3.63, 3.8) is 0 Å². The van der Waals surface area contributed by atoms with Crippen LogP contribution in [0.2, 0.25) is 15.1 Å². The van der Waals surface area contributed by atoms with Crippen LogP contribution in [-0.2, 0) is 11.4 Å². The number of halogens is 3. The van der Waals surface area contributed by atoms with Crippen LogP contribution < -0.4 is 10.1 Å². The van der Waals surface area contributed by atoms with E-state index in [1.54, 1.807) is 42.5 Å². The summed E-state index contributed by atoms with van der Waals surface area (Å²) in [6.45, 7) is 0.297. The van der Waals surface area contributed by atoms with Gasteiger partial charge >= 0.3 is 0 Å². The fourth-order valence-electron chi connectivity index (χ4n) is 2.57. The molecule has 3 aromatic rings. The number of nitrogens with zero attached hydrogens (tertiary/aromatic N) is 1. The molecule has 0 spiro atoms. The van der Waals surface area contributed by atoms with E-state index in [4.69, 9.17) is 39.5 Å². The summed E-state index contributed by atoms with van der Waals surface area (Å²) in [4.78, 5) is 12.5. The highest BCUT2D eigenvalue weighted by molar-refractivity contribution is 6.36. The van der Waals surface area contributed by atoms with Crippen LogP contribution >= 0.6 is 34.8 Å². The number of nitriles is 1. The van der Waals surface area contributed by atoms with Crippen LogP contribution in [0.3, 0.4) is 0 Å². The summed E-state index contributed by atoms with van der Waals surface area (Å²) < 4.78 is 5.78. The first-order valence-electron chi connectivity index (χ1n) is 8.81. The van der Waals surface area contributed by atoms with Crippen LogP contribution in [0.15, 0.2) is 72.3 Å². The molecule has 0 aromatic heterocycles. The normalized spacial score (nSPS) is 10.9. The van der Waals surface area contributed by atoms with E-state index < -0.39 is 5.91 Å². The summed E-state index contributed by atoms with van der Waals surface area (Å²) in [6.07, 6.45) is 1.47. The number of carbonyl (C=O) groups is 1. The zero-order valence-electron chi connectivity index (χ0n) is 15.5. The van der Waals surface area contributed by atoms with Gasteiger partial charge in [0.25, 0.3) is 5.91 Å². The molecule has 0 saturated heterocycles. The van der Waals surface area contributed by atoms with Gasteiger partial charge in [-0.2, -0.15) is 5.26 Å². The molecule has 0 fully saturated rings. The topological polar surface area (TPSA) is 62.1 Å². The number of hydrogen-bond donors (Lipinski definition) is 1. The lowest BCUT2D eigenvalue weighted by molar-refractivity contribution is -0.112. The predicted molar refractivity (Wildman–Crippen MR) is 121 cm³/mol. The number of benzene rings is 3. The summed E-state index contributed by atoms with van der Waals surface area (Å²) >= 11 is 18.1. The minimum absolute atomic E-state index is 0.0886. The van der Waals surface area contributed by atoms with Crippen LogP contribution in [0.1, 0.15) is 11.1 Å². The summed E-state index contributed by atoms with van der Waals surface area (Å²) in [5, 5.41) is 13.4. The second-order valence-electron chi connectivity index (χ2n) is 6.20. The molecule has 150 valence electrons. The molecule has 3 aromatic carbocycles. The molecule has 0 aliphatic carbocycles. The number of hydrogen-bond acceptors (Lipinski definition) is 3. The van der Waals surface area contributed by atoms with Gasteiger partial charge in [0.2, 0.25) is 0 Å². The van der Waals surface area contributed by atoms with E-state index in [9.17, 15) is 10.1 Å². The van der Waals surface area contributed by atoms with Crippen molar-refractivity contribution in [3.8, 4) is 11.8 Å². The third-order valence-corrected chi connectivity index (χ3v) is 5.00. The highest BCUT2D eigenvalue weighted by atomic mass is 35.5. The van der Waals surface area contributed by atoms with Crippen molar-refractivity contribution in [2.45, 2.75) is 6.61 Å². The Bertz CT molecular complexity index is 1150. The lowest BCUT2D eigenvalue weighted by Gasteiger charge is -2.09. The molecule has 3 rings (SSSR count). The highest BCUT2D eigenvalue weighted by Crippen LogP contribution is 2.26. The Kier molecular flexibility index (Phi) is 7.37. The number of rotatable bonds is 6. The highest BCUT2D eigenvalue weighted by Gasteiger charge is 2.12. The largest absolute Gasteiger partial charge is 0.489 e. The second kappa shape index (κ2) is 10.2. The summed E-state index contributed by atoms with van der Waals surface area (Å²) in [6, 6.07) is 21.0. The standard InChI is InChI=1S/C23H15Cl3N2O2/c24-18-8-9-21(26)22(12-18)28-23(29)17(13-27)10-15-4-3-6-19(11-15)30-14-16-5-1-2-7-20(16)25/h1-12H,14H2,(H,28,29)/b17-10+. The first kappa shape index (κ1) is 21.7. The second-order valence-corrected chi connectivity index (χ2v) is 7.45. The van der Waals surface area contributed by atoms with Crippen LogP contribution in [0.25, 0.3) is 6.08 Å². The average molecular weight is 458 g/mol. The molecule has 0 atom stereocenters. The summed E-state index contributed by atoms with van der Waals surface area (Å²) in [5.74, 6) is -0.0108. The molecule has 30 heavy (non-hydrogen) atoms. The average Bonchev–Trinajstić information content (AvgIpc) is 2.74. The number of ether oxygens (including phenoxy) is 1. The quantitative estimate of drug-likeness (QED) is 0.328.